The third-order valence-electron chi connectivity index (χ3n) is 5.02. The molecule has 0 radical (unpaired) electrons. The summed E-state index contributed by atoms with van der Waals surface area (Å²) in [5, 5.41) is 12.9. The minimum atomic E-state index is 0.878. The summed E-state index contributed by atoms with van der Waals surface area (Å²) in [6, 6.07) is 9.11. The van der Waals surface area contributed by atoms with Crippen molar-refractivity contribution in [2.75, 3.05) is 17.8 Å². The van der Waals surface area contributed by atoms with E-state index in [0.29, 0.717) is 0 Å². The molecule has 0 spiro atoms. The fourth-order valence-electron chi connectivity index (χ4n) is 3.70. The lowest BCUT2D eigenvalue weighted by molar-refractivity contribution is 0.387. The summed E-state index contributed by atoms with van der Waals surface area (Å²) in [5.41, 5.74) is 12.4. The Kier molecular flexibility index (Phi) is 6.89. The molecule has 0 atom stereocenters. The third kappa shape index (κ3) is 4.16. The van der Waals surface area contributed by atoms with Gasteiger partial charge >= 0.3 is 0 Å². The molecule has 136 valence electrons. The zero-order chi connectivity index (χ0) is 18.4. The van der Waals surface area contributed by atoms with Gasteiger partial charge in [-0.3, -0.25) is 10.7 Å². The Morgan fingerprint density at radius 1 is 0.680 bits per heavy atom. The van der Waals surface area contributed by atoms with E-state index in [2.05, 4.69) is 62.8 Å². The fraction of sp³-hybridized carbons (Fsp3) is 0.455. The monoisotopic (exact) mass is 340 g/mol. The van der Waals surface area contributed by atoms with Gasteiger partial charge in [-0.05, 0) is 65.5 Å². The number of aryl methyl sites for hydroxylation is 4. The van der Waals surface area contributed by atoms with Crippen LogP contribution in [-0.2, 0) is 32.1 Å². The molecule has 0 aliphatic rings. The number of rotatable bonds is 8. The van der Waals surface area contributed by atoms with Crippen LogP contribution in [-0.4, -0.2) is 12.3 Å². The number of benzene rings is 2. The molecular weight excluding hydrogens is 308 g/mol. The predicted octanol–water partition coefficient (Wildman–Crippen LogP) is 5.37. The Labute approximate surface area is 152 Å². The van der Waals surface area contributed by atoms with Crippen molar-refractivity contribution in [3.05, 3.63) is 57.6 Å². The number of nitrogens with one attached hydrogen (secondary N) is 2. The molecule has 0 saturated heterocycles. The summed E-state index contributed by atoms with van der Waals surface area (Å²) < 4.78 is 0. The van der Waals surface area contributed by atoms with Crippen molar-refractivity contribution >= 4 is 11.4 Å². The molecule has 0 aromatic heterocycles. The van der Waals surface area contributed by atoms with Gasteiger partial charge in [-0.15, -0.1) is 0 Å². The standard InChI is InChI=1S/C22H32N2O/c1-6-17-11-15(12-18(7-2)21(17)23-5)10-16-13-19(8-3)22(24-25)20(9-4)14-16/h11-14,23-25H,6-10H2,1-5H3. The molecule has 3 nitrogen and oxygen atoms in total. The van der Waals surface area contributed by atoms with Crippen molar-refractivity contribution in [2.24, 2.45) is 0 Å². The van der Waals surface area contributed by atoms with Gasteiger partial charge in [0.2, 0.25) is 0 Å². The van der Waals surface area contributed by atoms with E-state index in [1.54, 1.807) is 0 Å². The molecule has 0 aliphatic carbocycles. The molecule has 0 unspecified atom stereocenters. The van der Waals surface area contributed by atoms with E-state index in [9.17, 15) is 5.21 Å². The van der Waals surface area contributed by atoms with Crippen molar-refractivity contribution in [3.63, 3.8) is 0 Å². The van der Waals surface area contributed by atoms with Crippen LogP contribution < -0.4 is 10.8 Å². The maximum Gasteiger partial charge on any atom is 0.0665 e. The maximum atomic E-state index is 9.48. The quantitative estimate of drug-likeness (QED) is 0.566. The Hall–Kier alpha value is -2.00. The van der Waals surface area contributed by atoms with Crippen LogP contribution in [0.15, 0.2) is 24.3 Å². The highest BCUT2D eigenvalue weighted by Gasteiger charge is 2.11. The molecule has 3 heteroatoms. The van der Waals surface area contributed by atoms with Crippen LogP contribution in [0.5, 0.6) is 0 Å². The van der Waals surface area contributed by atoms with Crippen molar-refractivity contribution in [1.29, 1.82) is 0 Å². The van der Waals surface area contributed by atoms with Crippen molar-refractivity contribution < 1.29 is 5.21 Å². The molecule has 0 amide bonds. The molecule has 3 N–H and O–H groups in total. The molecule has 2 rings (SSSR count). The Balaban J connectivity index is 2.45. The number of hydrogen-bond acceptors (Lipinski definition) is 3. The van der Waals surface area contributed by atoms with Crippen LogP contribution in [0.25, 0.3) is 0 Å². The van der Waals surface area contributed by atoms with Gasteiger partial charge in [0.25, 0.3) is 0 Å². The van der Waals surface area contributed by atoms with Crippen molar-refractivity contribution in [3.8, 4) is 0 Å². The number of anilines is 2. The van der Waals surface area contributed by atoms with E-state index in [1.165, 1.54) is 39.1 Å². The summed E-state index contributed by atoms with van der Waals surface area (Å²) >= 11 is 0. The Morgan fingerprint density at radius 3 is 1.32 bits per heavy atom. The minimum absolute atomic E-state index is 0.878. The highest BCUT2D eigenvalue weighted by molar-refractivity contribution is 5.61. The van der Waals surface area contributed by atoms with Gasteiger partial charge in [0.05, 0.1) is 5.69 Å². The van der Waals surface area contributed by atoms with E-state index in [1.807, 2.05) is 7.05 Å². The van der Waals surface area contributed by atoms with E-state index < -0.39 is 0 Å². The van der Waals surface area contributed by atoms with Gasteiger partial charge in [0.15, 0.2) is 0 Å². The highest BCUT2D eigenvalue weighted by Crippen LogP contribution is 2.28. The molecule has 0 aliphatic heterocycles. The first-order valence-electron chi connectivity index (χ1n) is 9.48. The van der Waals surface area contributed by atoms with Gasteiger partial charge in [-0.1, -0.05) is 52.0 Å². The molecule has 0 saturated carbocycles. The van der Waals surface area contributed by atoms with Gasteiger partial charge < -0.3 is 5.32 Å². The Morgan fingerprint density at radius 2 is 1.04 bits per heavy atom. The zero-order valence-corrected chi connectivity index (χ0v) is 16.3. The minimum Gasteiger partial charge on any atom is -0.388 e. The van der Waals surface area contributed by atoms with Gasteiger partial charge in [-0.25, -0.2) is 0 Å². The second-order valence-electron chi connectivity index (χ2n) is 6.53. The lowest BCUT2D eigenvalue weighted by Gasteiger charge is -2.17. The van der Waals surface area contributed by atoms with Gasteiger partial charge in [0, 0.05) is 12.7 Å². The van der Waals surface area contributed by atoms with Crippen LogP contribution in [0, 0.1) is 0 Å². The average Bonchev–Trinajstić information content (AvgIpc) is 2.65. The summed E-state index contributed by atoms with van der Waals surface area (Å²) in [7, 11) is 2.01. The molecule has 2 aromatic carbocycles. The number of hydrogen-bond donors (Lipinski definition) is 3. The van der Waals surface area contributed by atoms with Crippen molar-refractivity contribution in [2.45, 2.75) is 59.8 Å². The highest BCUT2D eigenvalue weighted by atomic mass is 16.5. The summed E-state index contributed by atoms with van der Waals surface area (Å²) in [6.45, 7) is 8.69. The summed E-state index contributed by atoms with van der Waals surface area (Å²) in [4.78, 5) is 0. The van der Waals surface area contributed by atoms with Crippen LogP contribution in [0.4, 0.5) is 11.4 Å². The van der Waals surface area contributed by atoms with Crippen molar-refractivity contribution in [1.82, 2.24) is 0 Å². The van der Waals surface area contributed by atoms with E-state index in [4.69, 9.17) is 0 Å². The molecule has 2 aromatic rings. The lowest BCUT2D eigenvalue weighted by Crippen LogP contribution is -2.04. The van der Waals surface area contributed by atoms with Crippen LogP contribution in [0.3, 0.4) is 0 Å². The molecule has 0 heterocycles. The maximum absolute atomic E-state index is 9.48. The largest absolute Gasteiger partial charge is 0.388 e. The van der Waals surface area contributed by atoms with Crippen LogP contribution in [0.2, 0.25) is 0 Å². The third-order valence-corrected chi connectivity index (χ3v) is 5.02. The first kappa shape index (κ1) is 19.3. The fourth-order valence-corrected chi connectivity index (χ4v) is 3.70. The van der Waals surface area contributed by atoms with E-state index in [-0.39, 0.29) is 0 Å². The first-order chi connectivity index (χ1) is 12.1. The smallest absolute Gasteiger partial charge is 0.0665 e. The zero-order valence-electron chi connectivity index (χ0n) is 16.3. The van der Waals surface area contributed by atoms with Gasteiger partial charge in [-0.2, -0.15) is 0 Å². The summed E-state index contributed by atoms with van der Waals surface area (Å²) in [5.74, 6) is 0. The summed E-state index contributed by atoms with van der Waals surface area (Å²) in [6.07, 6.45) is 4.80. The normalized spacial score (nSPS) is 10.8. The van der Waals surface area contributed by atoms with Crippen LogP contribution >= 0.6 is 0 Å². The second-order valence-corrected chi connectivity index (χ2v) is 6.53. The van der Waals surface area contributed by atoms with Crippen LogP contribution in [0.1, 0.15) is 61.1 Å². The first-order valence-corrected chi connectivity index (χ1v) is 9.48. The Bertz CT molecular complexity index is 610. The second kappa shape index (κ2) is 8.91. The van der Waals surface area contributed by atoms with E-state index >= 15 is 0 Å². The molecule has 0 fully saturated rings. The van der Waals surface area contributed by atoms with Gasteiger partial charge in [0.1, 0.15) is 0 Å². The predicted molar refractivity (Wildman–Crippen MR) is 108 cm³/mol. The lowest BCUT2D eigenvalue weighted by atomic mass is 9.92. The SMILES string of the molecule is CCc1cc(Cc2cc(CC)c(NO)c(CC)c2)cc(CC)c1NC. The molecule has 25 heavy (non-hydrogen) atoms. The van der Waals surface area contributed by atoms with E-state index in [0.717, 1.165) is 37.8 Å². The average molecular weight is 341 g/mol. The topological polar surface area (TPSA) is 44.3 Å². The molecule has 0 bridgehead atoms. The molecular formula is C22H32N2O.